The van der Waals surface area contributed by atoms with E-state index in [-0.39, 0.29) is 12.4 Å². The van der Waals surface area contributed by atoms with Gasteiger partial charge in [0.25, 0.3) is 0 Å². The number of likely N-dealkylation sites (tertiary alicyclic amines) is 1. The maximum absolute atomic E-state index is 14.9. The lowest BCUT2D eigenvalue weighted by molar-refractivity contribution is -0.109. The SMILES string of the molecule is Cc1c(F)cc(-c2n[nH]c3ncc(-c4ccc5c(c4)CCC(N4CCCC4)CC5)cc23)cc1OCCNC=O. The molecule has 0 saturated carbocycles. The molecule has 7 nitrogen and oxygen atoms in total. The van der Waals surface area contributed by atoms with E-state index in [1.165, 1.54) is 56.0 Å². The highest BCUT2D eigenvalue weighted by molar-refractivity contribution is 5.93. The summed E-state index contributed by atoms with van der Waals surface area (Å²) in [6.07, 6.45) is 9.85. The molecule has 1 unspecified atom stereocenters. The lowest BCUT2D eigenvalue weighted by Gasteiger charge is -2.25. The van der Waals surface area contributed by atoms with Crippen LogP contribution in [0.25, 0.3) is 33.4 Å². The van der Waals surface area contributed by atoms with Crippen molar-refractivity contribution in [3.63, 3.8) is 0 Å². The molecule has 2 aromatic carbocycles. The van der Waals surface area contributed by atoms with Crippen LogP contribution in [0.3, 0.4) is 0 Å². The quantitative estimate of drug-likeness (QED) is 0.187. The molecular formula is C31H34FN5O2. The van der Waals surface area contributed by atoms with E-state index in [2.05, 4.69) is 49.7 Å². The van der Waals surface area contributed by atoms with Crippen LogP contribution >= 0.6 is 0 Å². The number of pyridine rings is 1. The molecule has 1 saturated heterocycles. The molecule has 202 valence electrons. The zero-order chi connectivity index (χ0) is 26.8. The van der Waals surface area contributed by atoms with E-state index >= 15 is 0 Å². The molecule has 1 aliphatic heterocycles. The van der Waals surface area contributed by atoms with Gasteiger partial charge in [0, 0.05) is 34.3 Å². The highest BCUT2D eigenvalue weighted by atomic mass is 19.1. The summed E-state index contributed by atoms with van der Waals surface area (Å²) < 4.78 is 20.6. The second-order valence-electron chi connectivity index (χ2n) is 10.7. The van der Waals surface area contributed by atoms with Crippen LogP contribution in [0, 0.1) is 12.7 Å². The Morgan fingerprint density at radius 2 is 1.90 bits per heavy atom. The third-order valence-corrected chi connectivity index (χ3v) is 8.26. The fourth-order valence-electron chi connectivity index (χ4n) is 6.04. The summed E-state index contributed by atoms with van der Waals surface area (Å²) >= 11 is 0. The number of nitrogens with one attached hydrogen (secondary N) is 2. The Kier molecular flexibility index (Phi) is 7.28. The van der Waals surface area contributed by atoms with Gasteiger partial charge in [0.05, 0.1) is 6.54 Å². The van der Waals surface area contributed by atoms with Crippen molar-refractivity contribution in [2.24, 2.45) is 0 Å². The Hall–Kier alpha value is -3.78. The van der Waals surface area contributed by atoms with E-state index in [4.69, 9.17) is 4.74 Å². The number of nitrogens with zero attached hydrogens (tertiary/aromatic N) is 3. The van der Waals surface area contributed by atoms with Crippen LogP contribution in [0.5, 0.6) is 5.75 Å². The first-order valence-electron chi connectivity index (χ1n) is 13.9. The molecule has 6 rings (SSSR count). The molecule has 0 radical (unpaired) electrons. The van der Waals surface area contributed by atoms with E-state index in [9.17, 15) is 9.18 Å². The van der Waals surface area contributed by atoms with Gasteiger partial charge < -0.3 is 15.0 Å². The molecule has 1 atom stereocenters. The summed E-state index contributed by atoms with van der Waals surface area (Å²) in [5.74, 6) is 0.0556. The molecule has 1 fully saturated rings. The number of carbonyl (C=O) groups excluding carboxylic acids is 1. The molecule has 1 amide bonds. The average molecular weight is 528 g/mol. The molecule has 8 heteroatoms. The number of benzene rings is 2. The number of aryl methyl sites for hydroxylation is 2. The number of rotatable bonds is 8. The first-order valence-corrected chi connectivity index (χ1v) is 13.9. The molecule has 4 aromatic rings. The fourth-order valence-corrected chi connectivity index (χ4v) is 6.04. The van der Waals surface area contributed by atoms with Gasteiger partial charge in [-0.3, -0.25) is 9.89 Å². The first-order chi connectivity index (χ1) is 19.1. The van der Waals surface area contributed by atoms with Crippen LogP contribution in [-0.2, 0) is 17.6 Å². The van der Waals surface area contributed by atoms with Crippen molar-refractivity contribution < 1.29 is 13.9 Å². The Labute approximate surface area is 227 Å². The summed E-state index contributed by atoms with van der Waals surface area (Å²) in [5, 5.41) is 10.8. The van der Waals surface area contributed by atoms with E-state index < -0.39 is 0 Å². The molecule has 39 heavy (non-hydrogen) atoms. The topological polar surface area (TPSA) is 83.1 Å². The standard InChI is InChI=1S/C31H34FN5O2/c1-20-28(32)16-24(17-29(20)39-13-10-33-19-38)30-27-15-25(18-34-31(27)36-35-30)23-5-4-21-6-8-26(9-7-22(21)14-23)37-11-2-3-12-37/h4-5,14-19,26H,2-3,6-13H2,1H3,(H,33,38)(H,34,35,36). The third kappa shape index (κ3) is 5.26. The maximum Gasteiger partial charge on any atom is 0.207 e. The number of carbonyl (C=O) groups is 1. The van der Waals surface area contributed by atoms with Crippen LogP contribution in [0.4, 0.5) is 4.39 Å². The number of aromatic amines is 1. The van der Waals surface area contributed by atoms with Crippen molar-refractivity contribution in [1.82, 2.24) is 25.4 Å². The zero-order valence-electron chi connectivity index (χ0n) is 22.3. The summed E-state index contributed by atoms with van der Waals surface area (Å²) in [6, 6.07) is 12.9. The monoisotopic (exact) mass is 527 g/mol. The summed E-state index contributed by atoms with van der Waals surface area (Å²) in [4.78, 5) is 17.8. The third-order valence-electron chi connectivity index (χ3n) is 8.26. The second kappa shape index (κ2) is 11.1. The summed E-state index contributed by atoms with van der Waals surface area (Å²) in [6.45, 7) is 4.76. The fraction of sp³-hybridized carbons (Fsp3) is 0.387. The van der Waals surface area contributed by atoms with Gasteiger partial charge in [-0.1, -0.05) is 18.2 Å². The molecule has 2 N–H and O–H groups in total. The van der Waals surface area contributed by atoms with Crippen LogP contribution in [0.1, 0.15) is 42.4 Å². The number of fused-ring (bicyclic) bond motifs is 2. The number of hydrogen-bond acceptors (Lipinski definition) is 5. The number of aromatic nitrogens is 3. The van der Waals surface area contributed by atoms with Gasteiger partial charge in [-0.2, -0.15) is 5.10 Å². The molecule has 2 aromatic heterocycles. The van der Waals surface area contributed by atoms with E-state index in [1.54, 1.807) is 13.0 Å². The van der Waals surface area contributed by atoms with Crippen LogP contribution < -0.4 is 10.1 Å². The predicted molar refractivity (Wildman–Crippen MR) is 150 cm³/mol. The van der Waals surface area contributed by atoms with E-state index in [1.807, 2.05) is 6.20 Å². The minimum absolute atomic E-state index is 0.243. The largest absolute Gasteiger partial charge is 0.491 e. The minimum atomic E-state index is -0.371. The van der Waals surface area contributed by atoms with E-state index in [0.29, 0.717) is 47.2 Å². The lowest BCUT2D eigenvalue weighted by Crippen LogP contribution is -2.32. The first kappa shape index (κ1) is 25.5. The average Bonchev–Trinajstić information content (AvgIpc) is 3.59. The van der Waals surface area contributed by atoms with Crippen LogP contribution in [0.15, 0.2) is 42.6 Å². The molecular weight excluding hydrogens is 493 g/mol. The van der Waals surface area contributed by atoms with Crippen molar-refractivity contribution in [3.8, 4) is 28.1 Å². The second-order valence-corrected chi connectivity index (χ2v) is 10.7. The van der Waals surface area contributed by atoms with E-state index in [0.717, 1.165) is 29.4 Å². The molecule has 2 aliphatic rings. The van der Waals surface area contributed by atoms with Crippen molar-refractivity contribution >= 4 is 17.4 Å². The number of hydrogen-bond donors (Lipinski definition) is 2. The number of amides is 1. The zero-order valence-corrected chi connectivity index (χ0v) is 22.3. The van der Waals surface area contributed by atoms with Crippen molar-refractivity contribution in [3.05, 3.63) is 65.1 Å². The van der Waals surface area contributed by atoms with Gasteiger partial charge in [-0.15, -0.1) is 0 Å². The van der Waals surface area contributed by atoms with Gasteiger partial charge in [-0.05, 0) is 93.4 Å². The van der Waals surface area contributed by atoms with Gasteiger partial charge in [0.2, 0.25) is 6.41 Å². The van der Waals surface area contributed by atoms with Crippen molar-refractivity contribution in [1.29, 1.82) is 0 Å². The molecule has 0 bridgehead atoms. The normalized spacial score (nSPS) is 17.6. The van der Waals surface area contributed by atoms with Gasteiger partial charge in [-0.25, -0.2) is 9.37 Å². The number of ether oxygens (including phenoxy) is 1. The van der Waals surface area contributed by atoms with Crippen LogP contribution in [-0.4, -0.2) is 58.8 Å². The predicted octanol–water partition coefficient (Wildman–Crippen LogP) is 5.21. The van der Waals surface area contributed by atoms with Crippen molar-refractivity contribution in [2.45, 2.75) is 51.5 Å². The molecule has 0 spiro atoms. The van der Waals surface area contributed by atoms with Gasteiger partial charge in [0.15, 0.2) is 5.65 Å². The lowest BCUT2D eigenvalue weighted by atomic mass is 9.96. The summed E-state index contributed by atoms with van der Waals surface area (Å²) in [5.41, 5.74) is 7.34. The molecule has 1 aliphatic carbocycles. The number of H-pyrrole nitrogens is 1. The van der Waals surface area contributed by atoms with Gasteiger partial charge in [0.1, 0.15) is 23.9 Å². The van der Waals surface area contributed by atoms with Crippen LogP contribution in [0.2, 0.25) is 0 Å². The van der Waals surface area contributed by atoms with Crippen molar-refractivity contribution in [2.75, 3.05) is 26.2 Å². The minimum Gasteiger partial charge on any atom is -0.491 e. The smallest absolute Gasteiger partial charge is 0.207 e. The highest BCUT2D eigenvalue weighted by Gasteiger charge is 2.24. The highest BCUT2D eigenvalue weighted by Crippen LogP contribution is 2.35. The van der Waals surface area contributed by atoms with Gasteiger partial charge >= 0.3 is 0 Å². The number of halogens is 1. The Morgan fingerprint density at radius 3 is 2.72 bits per heavy atom. The Bertz CT molecular complexity index is 1490. The Balaban J connectivity index is 1.28. The molecule has 3 heterocycles. The summed E-state index contributed by atoms with van der Waals surface area (Å²) in [7, 11) is 0. The Morgan fingerprint density at radius 1 is 1.08 bits per heavy atom. The maximum atomic E-state index is 14.9.